The van der Waals surface area contributed by atoms with E-state index in [1.165, 1.54) is 0 Å². The van der Waals surface area contributed by atoms with Crippen molar-refractivity contribution < 1.29 is 9.32 Å². The van der Waals surface area contributed by atoms with Gasteiger partial charge in [0.1, 0.15) is 6.04 Å². The molecule has 2 aliphatic rings. The van der Waals surface area contributed by atoms with Crippen molar-refractivity contribution in [3.8, 4) is 0 Å². The quantitative estimate of drug-likeness (QED) is 0.831. The Morgan fingerprint density at radius 1 is 1.27 bits per heavy atom. The van der Waals surface area contributed by atoms with Crippen molar-refractivity contribution in [2.45, 2.75) is 44.6 Å². The minimum atomic E-state index is -0.0685. The largest absolute Gasteiger partial charge is 0.338 e. The fourth-order valence-electron chi connectivity index (χ4n) is 3.50. The van der Waals surface area contributed by atoms with E-state index in [-0.39, 0.29) is 11.9 Å². The fraction of sp³-hybridized carbons (Fsp3) is 0.667. The van der Waals surface area contributed by atoms with Crippen LogP contribution in [0.1, 0.15) is 72.5 Å². The van der Waals surface area contributed by atoms with Crippen LogP contribution in [0.4, 0.5) is 0 Å². The average molecular weight is 358 g/mol. The summed E-state index contributed by atoms with van der Waals surface area (Å²) in [5, 5.41) is 8.54. The van der Waals surface area contributed by atoms with Crippen molar-refractivity contribution in [1.82, 2.24) is 29.7 Å². The van der Waals surface area contributed by atoms with Crippen molar-refractivity contribution in [1.29, 1.82) is 0 Å². The van der Waals surface area contributed by atoms with Gasteiger partial charge in [0.25, 0.3) is 5.91 Å². The summed E-state index contributed by atoms with van der Waals surface area (Å²) in [7, 11) is 3.92. The van der Waals surface area contributed by atoms with Crippen LogP contribution in [-0.2, 0) is 7.05 Å². The number of hydrogen-bond donors (Lipinski definition) is 0. The van der Waals surface area contributed by atoms with Gasteiger partial charge in [0.15, 0.2) is 11.5 Å². The van der Waals surface area contributed by atoms with Crippen LogP contribution in [0.5, 0.6) is 0 Å². The Balaban J connectivity index is 1.51. The third kappa shape index (κ3) is 3.13. The lowest BCUT2D eigenvalue weighted by Gasteiger charge is -2.37. The van der Waals surface area contributed by atoms with Gasteiger partial charge in [-0.25, -0.2) is 0 Å². The Kier molecular flexibility index (Phi) is 4.30. The van der Waals surface area contributed by atoms with E-state index in [1.54, 1.807) is 4.68 Å². The predicted molar refractivity (Wildman–Crippen MR) is 94.8 cm³/mol. The van der Waals surface area contributed by atoms with E-state index in [1.807, 2.05) is 25.1 Å². The third-order valence-electron chi connectivity index (χ3n) is 5.35. The van der Waals surface area contributed by atoms with Crippen LogP contribution in [0.15, 0.2) is 10.6 Å². The Hall–Kier alpha value is -2.22. The molecule has 0 spiro atoms. The highest BCUT2D eigenvalue weighted by atomic mass is 16.5. The van der Waals surface area contributed by atoms with Gasteiger partial charge < -0.3 is 9.42 Å². The molecule has 2 aromatic rings. The lowest BCUT2D eigenvalue weighted by atomic mass is 10.1. The molecule has 3 heterocycles. The molecule has 2 fully saturated rings. The second-order valence-electron chi connectivity index (χ2n) is 7.75. The predicted octanol–water partition coefficient (Wildman–Crippen LogP) is 1.93. The molecule has 1 saturated carbocycles. The van der Waals surface area contributed by atoms with Gasteiger partial charge in [-0.3, -0.25) is 14.4 Å². The fourth-order valence-corrected chi connectivity index (χ4v) is 3.50. The Morgan fingerprint density at radius 3 is 2.69 bits per heavy atom. The zero-order valence-corrected chi connectivity index (χ0v) is 15.8. The maximum Gasteiger partial charge on any atom is 0.274 e. The van der Waals surface area contributed by atoms with Gasteiger partial charge in [0, 0.05) is 38.3 Å². The van der Waals surface area contributed by atoms with Gasteiger partial charge in [-0.1, -0.05) is 19.0 Å². The minimum Gasteiger partial charge on any atom is -0.338 e. The molecule has 8 nitrogen and oxygen atoms in total. The van der Waals surface area contributed by atoms with Crippen molar-refractivity contribution in [3.63, 3.8) is 0 Å². The number of rotatable bonds is 4. The first-order valence-corrected chi connectivity index (χ1v) is 9.31. The highest BCUT2D eigenvalue weighted by molar-refractivity contribution is 5.92. The van der Waals surface area contributed by atoms with Crippen molar-refractivity contribution in [2.75, 3.05) is 26.7 Å². The molecule has 1 atom stereocenters. The smallest absolute Gasteiger partial charge is 0.274 e. The first-order valence-electron chi connectivity index (χ1n) is 9.31. The first-order chi connectivity index (χ1) is 12.4. The highest BCUT2D eigenvalue weighted by Crippen LogP contribution is 2.38. The number of carbonyl (C=O) groups is 1. The van der Waals surface area contributed by atoms with E-state index in [0.29, 0.717) is 36.5 Å². The molecule has 1 aliphatic carbocycles. The number of amides is 1. The Morgan fingerprint density at radius 2 is 2.04 bits per heavy atom. The van der Waals surface area contributed by atoms with Crippen LogP contribution < -0.4 is 0 Å². The van der Waals surface area contributed by atoms with Crippen LogP contribution >= 0.6 is 0 Å². The molecule has 0 radical (unpaired) electrons. The summed E-state index contributed by atoms with van der Waals surface area (Å²) < 4.78 is 7.30. The first kappa shape index (κ1) is 17.2. The summed E-state index contributed by atoms with van der Waals surface area (Å²) >= 11 is 0. The van der Waals surface area contributed by atoms with Gasteiger partial charge in [-0.2, -0.15) is 10.1 Å². The number of likely N-dealkylation sites (N-methyl/N-ethyl adjacent to an activating group) is 1. The molecule has 0 bridgehead atoms. The number of piperazine rings is 1. The highest BCUT2D eigenvalue weighted by Gasteiger charge is 2.35. The standard InChI is InChI=1S/C18H26N6O2/c1-11(2)14-9-13(20-23(14)4)18(25)24-8-7-22(3)15(10-24)17-19-16(21-26-17)12-5-6-12/h9,11-12,15H,5-8,10H2,1-4H3. The second-order valence-corrected chi connectivity index (χ2v) is 7.75. The van der Waals surface area contributed by atoms with E-state index in [9.17, 15) is 4.79 Å². The van der Waals surface area contributed by atoms with Crippen LogP contribution in [0.2, 0.25) is 0 Å². The number of hydrogen-bond acceptors (Lipinski definition) is 6. The van der Waals surface area contributed by atoms with Crippen molar-refractivity contribution >= 4 is 5.91 Å². The molecule has 26 heavy (non-hydrogen) atoms. The average Bonchev–Trinajstić information content (AvgIpc) is 3.21. The van der Waals surface area contributed by atoms with E-state index in [2.05, 4.69) is 34.0 Å². The van der Waals surface area contributed by atoms with Crippen LogP contribution in [-0.4, -0.2) is 62.3 Å². The molecule has 4 rings (SSSR count). The summed E-state index contributed by atoms with van der Waals surface area (Å²) in [5.41, 5.74) is 1.56. The zero-order chi connectivity index (χ0) is 18.4. The Bertz CT molecular complexity index is 806. The number of carbonyl (C=O) groups excluding carboxylic acids is 1. The van der Waals surface area contributed by atoms with Crippen LogP contribution in [0.25, 0.3) is 0 Å². The SMILES string of the molecule is CC(C)c1cc(C(=O)N2CCN(C)C(c3nc(C4CC4)no3)C2)nn1C. The minimum absolute atomic E-state index is 0.0347. The second kappa shape index (κ2) is 6.50. The Labute approximate surface area is 153 Å². The number of nitrogens with zero attached hydrogens (tertiary/aromatic N) is 6. The number of aromatic nitrogens is 4. The summed E-state index contributed by atoms with van der Waals surface area (Å²) in [5.74, 6) is 2.17. The van der Waals surface area contributed by atoms with E-state index in [0.717, 1.165) is 30.9 Å². The molecule has 1 unspecified atom stereocenters. The normalized spacial score (nSPS) is 21.6. The molecular formula is C18H26N6O2. The van der Waals surface area contributed by atoms with Gasteiger partial charge >= 0.3 is 0 Å². The zero-order valence-electron chi connectivity index (χ0n) is 15.8. The van der Waals surface area contributed by atoms with E-state index in [4.69, 9.17) is 4.52 Å². The molecular weight excluding hydrogens is 332 g/mol. The lowest BCUT2D eigenvalue weighted by Crippen LogP contribution is -2.49. The van der Waals surface area contributed by atoms with Crippen molar-refractivity contribution in [3.05, 3.63) is 29.2 Å². The van der Waals surface area contributed by atoms with Gasteiger partial charge in [-0.05, 0) is 31.9 Å². The van der Waals surface area contributed by atoms with Gasteiger partial charge in [-0.15, -0.1) is 0 Å². The van der Waals surface area contributed by atoms with Crippen LogP contribution in [0.3, 0.4) is 0 Å². The van der Waals surface area contributed by atoms with E-state index >= 15 is 0 Å². The molecule has 2 aromatic heterocycles. The molecule has 1 saturated heterocycles. The number of aryl methyl sites for hydroxylation is 1. The molecule has 1 amide bonds. The molecule has 1 aliphatic heterocycles. The summed E-state index contributed by atoms with van der Waals surface area (Å²) in [6, 6.07) is 1.83. The third-order valence-corrected chi connectivity index (χ3v) is 5.35. The molecule has 140 valence electrons. The van der Waals surface area contributed by atoms with Crippen LogP contribution in [0, 0.1) is 0 Å². The van der Waals surface area contributed by atoms with Gasteiger partial charge in [0.2, 0.25) is 5.89 Å². The molecule has 0 N–H and O–H groups in total. The van der Waals surface area contributed by atoms with E-state index < -0.39 is 0 Å². The summed E-state index contributed by atoms with van der Waals surface area (Å²) in [6.07, 6.45) is 2.28. The van der Waals surface area contributed by atoms with Crippen molar-refractivity contribution in [2.24, 2.45) is 7.05 Å². The maximum absolute atomic E-state index is 13.0. The molecule has 8 heteroatoms. The molecule has 0 aromatic carbocycles. The topological polar surface area (TPSA) is 80.3 Å². The lowest BCUT2D eigenvalue weighted by molar-refractivity contribution is 0.0483. The maximum atomic E-state index is 13.0. The monoisotopic (exact) mass is 358 g/mol. The van der Waals surface area contributed by atoms with Gasteiger partial charge in [0.05, 0.1) is 0 Å². The summed E-state index contributed by atoms with van der Waals surface area (Å²) in [4.78, 5) is 21.6. The summed E-state index contributed by atoms with van der Waals surface area (Å²) in [6.45, 7) is 6.17.